The molecule has 0 heterocycles. The Bertz CT molecular complexity index is 385. The van der Waals surface area contributed by atoms with E-state index in [-0.39, 0.29) is 29.1 Å². The van der Waals surface area contributed by atoms with Crippen molar-refractivity contribution in [3.8, 4) is 11.5 Å². The summed E-state index contributed by atoms with van der Waals surface area (Å²) in [7, 11) is 1.54. The van der Waals surface area contributed by atoms with Gasteiger partial charge in [0.05, 0.1) is 11.7 Å². The number of phenolic OH excluding ortho intramolecular Hbond substituents is 2. The van der Waals surface area contributed by atoms with Gasteiger partial charge in [-0.15, -0.1) is 0 Å². The molecule has 0 aromatic heterocycles. The third-order valence-electron chi connectivity index (χ3n) is 2.51. The molecule has 16 heavy (non-hydrogen) atoms. The Balaban J connectivity index is 3.29. The Morgan fingerprint density at radius 3 is 2.38 bits per heavy atom. The minimum atomic E-state index is -0.306. The van der Waals surface area contributed by atoms with Gasteiger partial charge in [0.2, 0.25) is 0 Å². The van der Waals surface area contributed by atoms with Gasteiger partial charge in [-0.05, 0) is 18.1 Å². The third-order valence-corrected chi connectivity index (χ3v) is 2.51. The third kappa shape index (κ3) is 2.17. The van der Waals surface area contributed by atoms with Gasteiger partial charge in [-0.2, -0.15) is 0 Å². The maximum Gasteiger partial charge on any atom is 0.157 e. The zero-order valence-corrected chi connectivity index (χ0v) is 9.60. The summed E-state index contributed by atoms with van der Waals surface area (Å²) < 4.78 is 5.26. The smallest absolute Gasteiger partial charge is 0.157 e. The molecule has 0 aliphatic heterocycles. The summed E-state index contributed by atoms with van der Waals surface area (Å²) in [5.74, 6) is -0.287. The maximum absolute atomic E-state index is 10.7. The molecule has 1 aromatic rings. The van der Waals surface area contributed by atoms with E-state index < -0.39 is 0 Å². The van der Waals surface area contributed by atoms with Crippen molar-refractivity contribution in [3.05, 3.63) is 23.3 Å². The van der Waals surface area contributed by atoms with E-state index in [0.717, 1.165) is 0 Å². The van der Waals surface area contributed by atoms with E-state index in [9.17, 15) is 15.0 Å². The fraction of sp³-hybridized carbons (Fsp3) is 0.417. The number of methoxy groups -OCH3 is 1. The highest BCUT2D eigenvalue weighted by molar-refractivity contribution is 5.84. The number of phenols is 2. The van der Waals surface area contributed by atoms with Crippen molar-refractivity contribution < 1.29 is 19.7 Å². The monoisotopic (exact) mass is 224 g/mol. The van der Waals surface area contributed by atoms with Crippen LogP contribution in [0.4, 0.5) is 0 Å². The van der Waals surface area contributed by atoms with E-state index in [2.05, 4.69) is 0 Å². The number of hydrogen-bond acceptors (Lipinski definition) is 4. The molecule has 1 atom stereocenters. The Kier molecular flexibility index (Phi) is 3.90. The average Bonchev–Trinajstić information content (AvgIpc) is 2.22. The van der Waals surface area contributed by atoms with Crippen molar-refractivity contribution in [1.82, 2.24) is 0 Å². The van der Waals surface area contributed by atoms with E-state index in [0.29, 0.717) is 11.8 Å². The zero-order valence-electron chi connectivity index (χ0n) is 9.60. The van der Waals surface area contributed by atoms with Crippen LogP contribution in [0.3, 0.4) is 0 Å². The molecule has 2 N–H and O–H groups in total. The normalized spacial score (nSPS) is 12.8. The number of rotatable bonds is 4. The molecule has 4 heteroatoms. The average molecular weight is 224 g/mol. The van der Waals surface area contributed by atoms with Gasteiger partial charge < -0.3 is 14.9 Å². The molecular formula is C12H16O4. The lowest BCUT2D eigenvalue weighted by atomic mass is 9.96. The summed E-state index contributed by atoms with van der Waals surface area (Å²) in [4.78, 5) is 10.7. The standard InChI is InChI=1S/C12H16O4/c1-7(2)12(16-3)8-4-5-10(14)9(6-13)11(8)15/h4-7,12,14-15H,1-3H3/t12-/m1/s1. The first-order valence-corrected chi connectivity index (χ1v) is 5.05. The number of hydrogen-bond donors (Lipinski definition) is 2. The second kappa shape index (κ2) is 4.99. The molecule has 0 aliphatic carbocycles. The summed E-state index contributed by atoms with van der Waals surface area (Å²) in [6, 6.07) is 2.94. The summed E-state index contributed by atoms with van der Waals surface area (Å²) in [5.41, 5.74) is 0.414. The Morgan fingerprint density at radius 2 is 1.94 bits per heavy atom. The predicted molar refractivity (Wildman–Crippen MR) is 59.7 cm³/mol. The highest BCUT2D eigenvalue weighted by Crippen LogP contribution is 2.36. The minimum absolute atomic E-state index is 0.0970. The van der Waals surface area contributed by atoms with Crippen molar-refractivity contribution in [3.63, 3.8) is 0 Å². The summed E-state index contributed by atoms with van der Waals surface area (Å²) >= 11 is 0. The number of carbonyl (C=O) groups excluding carboxylic acids is 1. The van der Waals surface area contributed by atoms with Gasteiger partial charge in [-0.25, -0.2) is 0 Å². The van der Waals surface area contributed by atoms with E-state index >= 15 is 0 Å². The maximum atomic E-state index is 10.7. The number of carbonyl (C=O) groups is 1. The molecule has 0 amide bonds. The van der Waals surface area contributed by atoms with Crippen LogP contribution < -0.4 is 0 Å². The first kappa shape index (κ1) is 12.5. The molecule has 4 nitrogen and oxygen atoms in total. The van der Waals surface area contributed by atoms with Crippen LogP contribution in [0.5, 0.6) is 11.5 Å². The van der Waals surface area contributed by atoms with Gasteiger partial charge in [0.15, 0.2) is 6.29 Å². The van der Waals surface area contributed by atoms with Gasteiger partial charge in [-0.3, -0.25) is 4.79 Å². The number of aldehydes is 1. The van der Waals surface area contributed by atoms with Crippen molar-refractivity contribution in [2.75, 3.05) is 7.11 Å². The van der Waals surface area contributed by atoms with Crippen LogP contribution in [0, 0.1) is 5.92 Å². The first-order valence-electron chi connectivity index (χ1n) is 5.05. The highest BCUT2D eigenvalue weighted by atomic mass is 16.5. The molecule has 1 rings (SSSR count). The van der Waals surface area contributed by atoms with Gasteiger partial charge >= 0.3 is 0 Å². The van der Waals surface area contributed by atoms with Gasteiger partial charge in [0.1, 0.15) is 11.5 Å². The van der Waals surface area contributed by atoms with Gasteiger partial charge in [0.25, 0.3) is 0 Å². The fourth-order valence-electron chi connectivity index (χ4n) is 1.72. The van der Waals surface area contributed by atoms with Crippen molar-refractivity contribution in [2.45, 2.75) is 20.0 Å². The summed E-state index contributed by atoms with van der Waals surface area (Å²) in [5, 5.41) is 19.2. The molecule has 0 saturated carbocycles. The number of benzene rings is 1. The first-order chi connectivity index (χ1) is 7.52. The lowest BCUT2D eigenvalue weighted by Gasteiger charge is -2.21. The molecule has 0 fully saturated rings. The lowest BCUT2D eigenvalue weighted by molar-refractivity contribution is 0.0625. The van der Waals surface area contributed by atoms with Crippen LogP contribution in [0.1, 0.15) is 35.9 Å². The van der Waals surface area contributed by atoms with Crippen molar-refractivity contribution >= 4 is 6.29 Å². The van der Waals surface area contributed by atoms with Crippen molar-refractivity contribution in [2.24, 2.45) is 5.92 Å². The molecule has 88 valence electrons. The van der Waals surface area contributed by atoms with Crippen LogP contribution in [0.2, 0.25) is 0 Å². The Hall–Kier alpha value is -1.55. The zero-order chi connectivity index (χ0) is 12.3. The highest BCUT2D eigenvalue weighted by Gasteiger charge is 2.21. The van der Waals surface area contributed by atoms with Crippen molar-refractivity contribution in [1.29, 1.82) is 0 Å². The lowest BCUT2D eigenvalue weighted by Crippen LogP contribution is -2.09. The second-order valence-electron chi connectivity index (χ2n) is 3.95. The second-order valence-corrected chi connectivity index (χ2v) is 3.95. The Labute approximate surface area is 94.5 Å². The molecule has 0 radical (unpaired) electrons. The van der Waals surface area contributed by atoms with Crippen LogP contribution in [-0.2, 0) is 4.74 Å². The van der Waals surface area contributed by atoms with Gasteiger partial charge in [0, 0.05) is 12.7 Å². The number of aromatic hydroxyl groups is 2. The van der Waals surface area contributed by atoms with Crippen LogP contribution in [0.15, 0.2) is 12.1 Å². The van der Waals surface area contributed by atoms with E-state index in [1.807, 2.05) is 13.8 Å². The van der Waals surface area contributed by atoms with Crippen LogP contribution in [0.25, 0.3) is 0 Å². The molecule has 1 aromatic carbocycles. The quantitative estimate of drug-likeness (QED) is 0.770. The molecule has 0 aliphatic rings. The van der Waals surface area contributed by atoms with Gasteiger partial charge in [-0.1, -0.05) is 13.8 Å². The van der Waals surface area contributed by atoms with E-state index in [4.69, 9.17) is 4.74 Å². The number of ether oxygens (including phenoxy) is 1. The SMILES string of the molecule is CO[C@@H](c1ccc(O)c(C=O)c1O)C(C)C. The molecule has 0 saturated heterocycles. The topological polar surface area (TPSA) is 66.8 Å². The summed E-state index contributed by atoms with van der Waals surface area (Å²) in [6.45, 7) is 3.89. The summed E-state index contributed by atoms with van der Waals surface area (Å²) in [6.07, 6.45) is 0.126. The van der Waals surface area contributed by atoms with E-state index in [1.54, 1.807) is 6.07 Å². The van der Waals surface area contributed by atoms with Crippen LogP contribution in [-0.4, -0.2) is 23.6 Å². The van der Waals surface area contributed by atoms with E-state index in [1.165, 1.54) is 13.2 Å². The predicted octanol–water partition coefficient (Wildman–Crippen LogP) is 2.25. The largest absolute Gasteiger partial charge is 0.507 e. The molecule has 0 bridgehead atoms. The molecular weight excluding hydrogens is 208 g/mol. The molecule has 0 spiro atoms. The Morgan fingerprint density at radius 1 is 1.31 bits per heavy atom. The minimum Gasteiger partial charge on any atom is -0.507 e. The fourth-order valence-corrected chi connectivity index (χ4v) is 1.72. The molecule has 0 unspecified atom stereocenters. The van der Waals surface area contributed by atoms with Crippen LogP contribution >= 0.6 is 0 Å².